The predicted octanol–water partition coefficient (Wildman–Crippen LogP) is 2.83. The lowest BCUT2D eigenvalue weighted by Gasteiger charge is -2.08. The van der Waals surface area contributed by atoms with E-state index in [1.807, 2.05) is 24.5 Å². The zero-order chi connectivity index (χ0) is 18.8. The van der Waals surface area contributed by atoms with Crippen LogP contribution in [0.25, 0.3) is 10.9 Å². The quantitative estimate of drug-likeness (QED) is 0.658. The van der Waals surface area contributed by atoms with E-state index >= 15 is 0 Å². The van der Waals surface area contributed by atoms with Crippen molar-refractivity contribution >= 4 is 22.8 Å². The summed E-state index contributed by atoms with van der Waals surface area (Å²) in [4.78, 5) is 23.1. The summed E-state index contributed by atoms with van der Waals surface area (Å²) in [5.74, 6) is -1.67. The molecule has 0 radical (unpaired) electrons. The summed E-state index contributed by atoms with van der Waals surface area (Å²) in [5.41, 5.74) is 4.35. The van der Waals surface area contributed by atoms with Crippen LogP contribution in [-0.4, -0.2) is 33.2 Å². The third-order valence-corrected chi connectivity index (χ3v) is 4.16. The van der Waals surface area contributed by atoms with E-state index in [0.717, 1.165) is 16.7 Å². The first-order valence-electron chi connectivity index (χ1n) is 8.23. The van der Waals surface area contributed by atoms with Gasteiger partial charge in [-0.15, -0.1) is 0 Å². The number of hydrogen-bond acceptors (Lipinski definition) is 3. The second kappa shape index (κ2) is 6.92. The second-order valence-electron chi connectivity index (χ2n) is 6.41. The number of carboxylic acids is 1. The number of amides is 1. The van der Waals surface area contributed by atoms with E-state index in [-0.39, 0.29) is 11.3 Å². The Hall–Kier alpha value is -3.28. The number of aromatic hydroxyl groups is 1. The molecule has 2 aromatic carbocycles. The van der Waals surface area contributed by atoms with Gasteiger partial charge >= 0.3 is 5.97 Å². The zero-order valence-corrected chi connectivity index (χ0v) is 14.6. The van der Waals surface area contributed by atoms with Crippen LogP contribution in [0.3, 0.4) is 0 Å². The molecule has 3 rings (SSSR count). The van der Waals surface area contributed by atoms with Crippen molar-refractivity contribution in [2.24, 2.45) is 0 Å². The predicted molar refractivity (Wildman–Crippen MR) is 98.6 cm³/mol. The van der Waals surface area contributed by atoms with E-state index in [1.54, 1.807) is 12.3 Å². The molecule has 6 heteroatoms. The molecule has 0 saturated heterocycles. The molecule has 0 atom stereocenters. The van der Waals surface area contributed by atoms with E-state index in [9.17, 15) is 14.7 Å². The first-order chi connectivity index (χ1) is 12.3. The molecule has 0 aliphatic heterocycles. The number of aliphatic carboxylic acids is 1. The molecule has 1 amide bonds. The van der Waals surface area contributed by atoms with Gasteiger partial charge in [-0.3, -0.25) is 9.59 Å². The third-order valence-electron chi connectivity index (χ3n) is 4.16. The Morgan fingerprint density at radius 3 is 2.46 bits per heavy atom. The van der Waals surface area contributed by atoms with E-state index in [1.165, 1.54) is 6.07 Å². The van der Waals surface area contributed by atoms with Gasteiger partial charge in [0.1, 0.15) is 12.3 Å². The largest absolute Gasteiger partial charge is 0.507 e. The van der Waals surface area contributed by atoms with Gasteiger partial charge in [-0.05, 0) is 31.5 Å². The molecular weight excluding hydrogens is 332 g/mol. The number of carboxylic acid groups (broad SMARTS) is 1. The van der Waals surface area contributed by atoms with Crippen molar-refractivity contribution in [2.45, 2.75) is 20.4 Å². The third kappa shape index (κ3) is 3.54. The average Bonchev–Trinajstić information content (AvgIpc) is 2.92. The standard InChI is InChI=1S/C20H20N2O4/c1-12-6-13(2)8-14(7-12)10-22-11-15(20(26)21-9-18(24)25)19-16(22)4-3-5-17(19)23/h3-8,11,23H,9-10H2,1-2H3,(H,21,26)(H,24,25). The summed E-state index contributed by atoms with van der Waals surface area (Å²) in [6, 6.07) is 11.3. The summed E-state index contributed by atoms with van der Waals surface area (Å²) < 4.78 is 1.89. The normalized spacial score (nSPS) is 10.8. The molecule has 0 saturated carbocycles. The Bertz CT molecular complexity index is 984. The van der Waals surface area contributed by atoms with Crippen LogP contribution in [-0.2, 0) is 11.3 Å². The molecule has 0 fully saturated rings. The number of phenols is 1. The number of nitrogens with zero attached hydrogens (tertiary/aromatic N) is 1. The van der Waals surface area contributed by atoms with Crippen LogP contribution < -0.4 is 5.32 Å². The number of aryl methyl sites for hydroxylation is 2. The maximum absolute atomic E-state index is 12.4. The molecular formula is C20H20N2O4. The zero-order valence-electron chi connectivity index (χ0n) is 14.6. The molecule has 1 aromatic heterocycles. The second-order valence-corrected chi connectivity index (χ2v) is 6.41. The fourth-order valence-corrected chi connectivity index (χ4v) is 3.24. The monoisotopic (exact) mass is 352 g/mol. The van der Waals surface area contributed by atoms with Gasteiger partial charge in [-0.25, -0.2) is 0 Å². The summed E-state index contributed by atoms with van der Waals surface area (Å²) in [7, 11) is 0. The van der Waals surface area contributed by atoms with Crippen molar-refractivity contribution in [3.05, 3.63) is 64.8 Å². The molecule has 0 unspecified atom stereocenters. The van der Waals surface area contributed by atoms with Gasteiger partial charge in [0.25, 0.3) is 5.91 Å². The number of nitrogens with one attached hydrogen (secondary N) is 1. The lowest BCUT2D eigenvalue weighted by Crippen LogP contribution is -2.29. The number of carbonyl (C=O) groups excluding carboxylic acids is 1. The topological polar surface area (TPSA) is 91.6 Å². The van der Waals surface area contributed by atoms with Crippen LogP contribution >= 0.6 is 0 Å². The van der Waals surface area contributed by atoms with E-state index < -0.39 is 18.4 Å². The highest BCUT2D eigenvalue weighted by molar-refractivity contribution is 6.09. The lowest BCUT2D eigenvalue weighted by molar-refractivity contribution is -0.135. The van der Waals surface area contributed by atoms with Crippen molar-refractivity contribution < 1.29 is 19.8 Å². The van der Waals surface area contributed by atoms with Crippen LogP contribution in [0.1, 0.15) is 27.0 Å². The van der Waals surface area contributed by atoms with Crippen molar-refractivity contribution in [1.82, 2.24) is 9.88 Å². The molecule has 3 aromatic rings. The maximum atomic E-state index is 12.4. The van der Waals surface area contributed by atoms with Crippen LogP contribution in [0.2, 0.25) is 0 Å². The first kappa shape index (κ1) is 17.5. The smallest absolute Gasteiger partial charge is 0.322 e. The van der Waals surface area contributed by atoms with Crippen LogP contribution in [0.5, 0.6) is 5.75 Å². The number of hydrogen-bond donors (Lipinski definition) is 3. The average molecular weight is 352 g/mol. The highest BCUT2D eigenvalue weighted by Crippen LogP contribution is 2.30. The summed E-state index contributed by atoms with van der Waals surface area (Å²) in [6.45, 7) is 4.12. The van der Waals surface area contributed by atoms with Gasteiger partial charge in [0, 0.05) is 12.7 Å². The van der Waals surface area contributed by atoms with Crippen molar-refractivity contribution in [3.8, 4) is 5.75 Å². The Morgan fingerprint density at radius 2 is 1.81 bits per heavy atom. The number of aromatic nitrogens is 1. The van der Waals surface area contributed by atoms with Gasteiger partial charge in [-0.1, -0.05) is 35.4 Å². The number of carbonyl (C=O) groups is 2. The summed E-state index contributed by atoms with van der Waals surface area (Å²) >= 11 is 0. The minimum Gasteiger partial charge on any atom is -0.507 e. The fraction of sp³-hybridized carbons (Fsp3) is 0.200. The SMILES string of the molecule is Cc1cc(C)cc(Cn2cc(C(=O)NCC(=O)O)c3c(O)cccc32)c1. The highest BCUT2D eigenvalue weighted by atomic mass is 16.4. The number of fused-ring (bicyclic) bond motifs is 1. The number of phenolic OH excluding ortho intramolecular Hbond substituents is 1. The molecule has 0 spiro atoms. The van der Waals surface area contributed by atoms with Gasteiger partial charge in [0.2, 0.25) is 0 Å². The Balaban J connectivity index is 2.05. The fourth-order valence-electron chi connectivity index (χ4n) is 3.24. The maximum Gasteiger partial charge on any atom is 0.322 e. The first-order valence-corrected chi connectivity index (χ1v) is 8.23. The van der Waals surface area contributed by atoms with Crippen LogP contribution in [0, 0.1) is 13.8 Å². The summed E-state index contributed by atoms with van der Waals surface area (Å²) in [5, 5.41) is 21.8. The molecule has 134 valence electrons. The van der Waals surface area contributed by atoms with Gasteiger partial charge < -0.3 is 20.1 Å². The van der Waals surface area contributed by atoms with Crippen molar-refractivity contribution in [3.63, 3.8) is 0 Å². The van der Waals surface area contributed by atoms with Crippen LogP contribution in [0.4, 0.5) is 0 Å². The lowest BCUT2D eigenvalue weighted by atomic mass is 10.1. The highest BCUT2D eigenvalue weighted by Gasteiger charge is 2.18. The van der Waals surface area contributed by atoms with E-state index in [0.29, 0.717) is 17.4 Å². The minimum atomic E-state index is -1.12. The van der Waals surface area contributed by atoms with Crippen molar-refractivity contribution in [1.29, 1.82) is 0 Å². The van der Waals surface area contributed by atoms with E-state index in [4.69, 9.17) is 5.11 Å². The van der Waals surface area contributed by atoms with Gasteiger partial charge in [-0.2, -0.15) is 0 Å². The molecule has 26 heavy (non-hydrogen) atoms. The van der Waals surface area contributed by atoms with Crippen LogP contribution in [0.15, 0.2) is 42.6 Å². The molecule has 0 bridgehead atoms. The Morgan fingerprint density at radius 1 is 1.12 bits per heavy atom. The van der Waals surface area contributed by atoms with Gasteiger partial charge in [0.15, 0.2) is 0 Å². The van der Waals surface area contributed by atoms with E-state index in [2.05, 4.69) is 23.5 Å². The number of rotatable bonds is 5. The molecule has 1 heterocycles. The Kier molecular flexibility index (Phi) is 4.67. The van der Waals surface area contributed by atoms with Crippen molar-refractivity contribution in [2.75, 3.05) is 6.54 Å². The molecule has 0 aliphatic carbocycles. The van der Waals surface area contributed by atoms with Gasteiger partial charge in [0.05, 0.1) is 16.5 Å². The number of benzene rings is 2. The molecule has 3 N–H and O–H groups in total. The Labute approximate surface area is 150 Å². The molecule has 0 aliphatic rings. The summed E-state index contributed by atoms with van der Waals surface area (Å²) in [6.07, 6.45) is 1.65. The minimum absolute atomic E-state index is 0.0119. The molecule has 6 nitrogen and oxygen atoms in total.